The Morgan fingerprint density at radius 3 is 2.55 bits per heavy atom. The fourth-order valence-electron chi connectivity index (χ4n) is 2.69. The molecule has 1 aliphatic carbocycles. The summed E-state index contributed by atoms with van der Waals surface area (Å²) in [5, 5.41) is 3.01. The van der Waals surface area contributed by atoms with Crippen LogP contribution in [0.2, 0.25) is 0 Å². The van der Waals surface area contributed by atoms with Crippen molar-refractivity contribution in [1.29, 1.82) is 0 Å². The van der Waals surface area contributed by atoms with Gasteiger partial charge in [-0.1, -0.05) is 12.8 Å². The molecular weight excluding hydrogens is 300 g/mol. The second kappa shape index (κ2) is 5.41. The van der Waals surface area contributed by atoms with Gasteiger partial charge in [-0.25, -0.2) is 8.42 Å². The smallest absolute Gasteiger partial charge is 0.268 e. The molecule has 2 rings (SSSR count). The Balaban J connectivity index is 2.27. The number of amides is 1. The largest absolute Gasteiger partial charge is 0.346 e. The van der Waals surface area contributed by atoms with Gasteiger partial charge in [0.2, 0.25) is 0 Å². The molecule has 1 aromatic heterocycles. The molecule has 0 aromatic carbocycles. The molecule has 1 aromatic rings. The lowest BCUT2D eigenvalue weighted by atomic mass is 10.0. The molecular formula is C13H19ClN2O3S. The predicted octanol–water partition coefficient (Wildman–Crippen LogP) is 2.50. The van der Waals surface area contributed by atoms with Gasteiger partial charge in [0.1, 0.15) is 10.6 Å². The van der Waals surface area contributed by atoms with Crippen LogP contribution in [-0.2, 0) is 15.6 Å². The molecule has 1 amide bonds. The van der Waals surface area contributed by atoms with E-state index >= 15 is 0 Å². The second-order valence-corrected chi connectivity index (χ2v) is 8.07. The van der Waals surface area contributed by atoms with E-state index < -0.39 is 9.05 Å². The molecule has 0 saturated heterocycles. The number of rotatable bonds is 4. The van der Waals surface area contributed by atoms with Gasteiger partial charge in [-0.15, -0.1) is 0 Å². The average molecular weight is 319 g/mol. The Morgan fingerprint density at radius 2 is 2.05 bits per heavy atom. The Kier molecular flexibility index (Phi) is 4.16. The van der Waals surface area contributed by atoms with Gasteiger partial charge < -0.3 is 9.88 Å². The van der Waals surface area contributed by atoms with Crippen molar-refractivity contribution in [3.8, 4) is 0 Å². The first-order valence-electron chi connectivity index (χ1n) is 6.72. The summed E-state index contributed by atoms with van der Waals surface area (Å²) >= 11 is 0. The summed E-state index contributed by atoms with van der Waals surface area (Å²) in [7, 11) is 1.51. The summed E-state index contributed by atoms with van der Waals surface area (Å²) in [6.07, 6.45) is 5.51. The Morgan fingerprint density at radius 1 is 1.45 bits per heavy atom. The van der Waals surface area contributed by atoms with Gasteiger partial charge >= 0.3 is 0 Å². The van der Waals surface area contributed by atoms with Gasteiger partial charge in [0, 0.05) is 29.0 Å². The van der Waals surface area contributed by atoms with Crippen molar-refractivity contribution >= 4 is 25.6 Å². The normalized spacial score (nSPS) is 18.1. The van der Waals surface area contributed by atoms with E-state index in [2.05, 4.69) is 5.32 Å². The summed E-state index contributed by atoms with van der Waals surface area (Å²) in [6.45, 7) is 4.38. The first kappa shape index (κ1) is 15.4. The van der Waals surface area contributed by atoms with Gasteiger partial charge in [-0.3, -0.25) is 4.79 Å². The molecule has 0 atom stereocenters. The molecule has 0 spiro atoms. The van der Waals surface area contributed by atoms with Crippen molar-refractivity contribution < 1.29 is 13.2 Å². The maximum atomic E-state index is 12.4. The van der Waals surface area contributed by atoms with E-state index in [1.807, 2.05) is 13.8 Å². The van der Waals surface area contributed by atoms with Crippen LogP contribution in [0, 0.1) is 0 Å². The third-order valence-corrected chi connectivity index (χ3v) is 5.17. The maximum Gasteiger partial charge on any atom is 0.268 e. The number of carbonyl (C=O) groups excluding carboxylic acids is 1. The molecule has 112 valence electrons. The van der Waals surface area contributed by atoms with E-state index in [0.29, 0.717) is 12.2 Å². The average Bonchev–Trinajstić information content (AvgIpc) is 2.94. The highest BCUT2D eigenvalue weighted by Crippen LogP contribution is 2.29. The summed E-state index contributed by atoms with van der Waals surface area (Å²) in [6, 6.07) is 1.33. The van der Waals surface area contributed by atoms with E-state index in [4.69, 9.17) is 10.7 Å². The van der Waals surface area contributed by atoms with E-state index in [1.54, 1.807) is 4.57 Å². The van der Waals surface area contributed by atoms with Crippen molar-refractivity contribution in [3.63, 3.8) is 0 Å². The fraction of sp³-hybridized carbons (Fsp3) is 0.615. The Bertz CT molecular complexity index is 616. The molecule has 0 radical (unpaired) electrons. The molecule has 1 heterocycles. The lowest BCUT2D eigenvalue weighted by molar-refractivity contribution is 0.0898. The molecule has 0 bridgehead atoms. The van der Waals surface area contributed by atoms with Crippen LogP contribution in [0.1, 0.15) is 50.0 Å². The zero-order valence-electron chi connectivity index (χ0n) is 11.6. The van der Waals surface area contributed by atoms with Crippen LogP contribution < -0.4 is 5.32 Å². The molecule has 1 aliphatic rings. The standard InChI is InChI=1S/C13H19ClN2O3S/c1-3-16-9-10(20(14,18)19)8-11(16)12(17)15-13(2)6-4-5-7-13/h8-9H,3-7H2,1-2H3,(H,15,17). The van der Waals surface area contributed by atoms with Crippen LogP contribution in [0.15, 0.2) is 17.2 Å². The molecule has 1 N–H and O–H groups in total. The van der Waals surface area contributed by atoms with E-state index in [9.17, 15) is 13.2 Å². The number of nitrogens with zero attached hydrogens (tertiary/aromatic N) is 1. The summed E-state index contributed by atoms with van der Waals surface area (Å²) < 4.78 is 24.3. The zero-order chi connectivity index (χ0) is 15.0. The Hall–Kier alpha value is -1.01. The number of aryl methyl sites for hydroxylation is 1. The lowest BCUT2D eigenvalue weighted by Gasteiger charge is -2.25. The Labute approximate surface area is 123 Å². The predicted molar refractivity (Wildman–Crippen MR) is 77.5 cm³/mol. The number of hydrogen-bond donors (Lipinski definition) is 1. The van der Waals surface area contributed by atoms with Crippen molar-refractivity contribution in [2.45, 2.75) is 56.5 Å². The van der Waals surface area contributed by atoms with Crippen LogP contribution in [0.3, 0.4) is 0 Å². The topological polar surface area (TPSA) is 68.2 Å². The zero-order valence-corrected chi connectivity index (χ0v) is 13.2. The van der Waals surface area contributed by atoms with Gasteiger partial charge in [0.15, 0.2) is 0 Å². The molecule has 7 heteroatoms. The van der Waals surface area contributed by atoms with Crippen molar-refractivity contribution in [1.82, 2.24) is 9.88 Å². The van der Waals surface area contributed by atoms with E-state index in [0.717, 1.165) is 25.7 Å². The first-order chi connectivity index (χ1) is 9.25. The van der Waals surface area contributed by atoms with E-state index in [-0.39, 0.29) is 16.3 Å². The highest BCUT2D eigenvalue weighted by Gasteiger charge is 2.31. The number of carbonyl (C=O) groups is 1. The minimum atomic E-state index is -3.82. The molecule has 1 saturated carbocycles. The number of aromatic nitrogens is 1. The fourth-order valence-corrected chi connectivity index (χ4v) is 3.45. The number of hydrogen-bond acceptors (Lipinski definition) is 3. The first-order valence-corrected chi connectivity index (χ1v) is 9.03. The van der Waals surface area contributed by atoms with Gasteiger partial charge in [-0.2, -0.15) is 0 Å². The SMILES string of the molecule is CCn1cc(S(=O)(=O)Cl)cc1C(=O)NC1(C)CCCC1. The van der Waals surface area contributed by atoms with Crippen LogP contribution in [0.5, 0.6) is 0 Å². The lowest BCUT2D eigenvalue weighted by Crippen LogP contribution is -2.44. The maximum absolute atomic E-state index is 12.4. The van der Waals surface area contributed by atoms with Gasteiger partial charge in [0.25, 0.3) is 15.0 Å². The minimum absolute atomic E-state index is 0.0391. The highest BCUT2D eigenvalue weighted by atomic mass is 35.7. The molecule has 0 unspecified atom stereocenters. The monoisotopic (exact) mass is 318 g/mol. The quantitative estimate of drug-likeness (QED) is 0.867. The van der Waals surface area contributed by atoms with Gasteiger partial charge in [0.05, 0.1) is 0 Å². The van der Waals surface area contributed by atoms with Crippen molar-refractivity contribution in [2.75, 3.05) is 0 Å². The number of halogens is 1. The summed E-state index contributed by atoms with van der Waals surface area (Å²) in [4.78, 5) is 12.3. The van der Waals surface area contributed by atoms with E-state index in [1.165, 1.54) is 12.3 Å². The van der Waals surface area contributed by atoms with Crippen LogP contribution in [0.4, 0.5) is 0 Å². The summed E-state index contributed by atoms with van der Waals surface area (Å²) in [5.74, 6) is -0.247. The molecule has 5 nitrogen and oxygen atoms in total. The van der Waals surface area contributed by atoms with Crippen LogP contribution >= 0.6 is 10.7 Å². The van der Waals surface area contributed by atoms with Crippen molar-refractivity contribution in [3.05, 3.63) is 18.0 Å². The molecule has 0 aliphatic heterocycles. The summed E-state index contributed by atoms with van der Waals surface area (Å²) in [5.41, 5.74) is 0.139. The van der Waals surface area contributed by atoms with Crippen molar-refractivity contribution in [2.24, 2.45) is 0 Å². The number of nitrogens with one attached hydrogen (secondary N) is 1. The van der Waals surface area contributed by atoms with Crippen LogP contribution in [-0.4, -0.2) is 24.4 Å². The highest BCUT2D eigenvalue weighted by molar-refractivity contribution is 8.13. The molecule has 20 heavy (non-hydrogen) atoms. The van der Waals surface area contributed by atoms with Gasteiger partial charge in [-0.05, 0) is 32.8 Å². The second-order valence-electron chi connectivity index (χ2n) is 5.51. The minimum Gasteiger partial charge on any atom is -0.346 e. The third-order valence-electron chi connectivity index (χ3n) is 3.85. The third kappa shape index (κ3) is 3.17. The van der Waals surface area contributed by atoms with Crippen LogP contribution in [0.25, 0.3) is 0 Å². The molecule has 1 fully saturated rings.